The maximum atomic E-state index is 10.4. The van der Waals surface area contributed by atoms with Crippen molar-refractivity contribution in [3.05, 3.63) is 35.4 Å². The molecule has 2 aromatic carbocycles. The van der Waals surface area contributed by atoms with Crippen molar-refractivity contribution >= 4 is 0 Å². The summed E-state index contributed by atoms with van der Waals surface area (Å²) in [5, 5.41) is 19.9. The highest BCUT2D eigenvalue weighted by Crippen LogP contribution is 2.59. The second kappa shape index (κ2) is 3.91. The normalized spacial score (nSPS) is 23.1. The van der Waals surface area contributed by atoms with Gasteiger partial charge in [-0.1, -0.05) is 0 Å². The van der Waals surface area contributed by atoms with Crippen molar-refractivity contribution in [1.29, 1.82) is 0 Å². The molecule has 0 bridgehead atoms. The summed E-state index contributed by atoms with van der Waals surface area (Å²) in [6, 6.07) is 6.80. The summed E-state index contributed by atoms with van der Waals surface area (Å²) in [6.07, 6.45) is -0.257. The smallest absolute Gasteiger partial charge is 0.231 e. The van der Waals surface area contributed by atoms with E-state index in [2.05, 4.69) is 0 Å². The molecule has 5 rings (SSSR count). The van der Waals surface area contributed by atoms with Crippen molar-refractivity contribution in [2.75, 3.05) is 13.4 Å². The van der Waals surface area contributed by atoms with E-state index in [0.717, 1.165) is 11.1 Å². The van der Waals surface area contributed by atoms with Gasteiger partial charge in [0.1, 0.15) is 17.6 Å². The van der Waals surface area contributed by atoms with Crippen molar-refractivity contribution in [2.24, 2.45) is 0 Å². The van der Waals surface area contributed by atoms with Gasteiger partial charge < -0.3 is 29.2 Å². The minimum atomic E-state index is -0.257. The Morgan fingerprint density at radius 2 is 1.82 bits per heavy atom. The summed E-state index contributed by atoms with van der Waals surface area (Å²) in [7, 11) is 0. The maximum Gasteiger partial charge on any atom is 0.231 e. The highest BCUT2D eigenvalue weighted by atomic mass is 16.7. The highest BCUT2D eigenvalue weighted by Gasteiger charge is 2.44. The van der Waals surface area contributed by atoms with E-state index in [1.54, 1.807) is 18.2 Å². The largest absolute Gasteiger partial charge is 0.508 e. The van der Waals surface area contributed by atoms with Gasteiger partial charge in [-0.2, -0.15) is 0 Å². The van der Waals surface area contributed by atoms with Crippen LogP contribution in [-0.4, -0.2) is 23.6 Å². The molecule has 3 aliphatic rings. The topological polar surface area (TPSA) is 77.4 Å². The van der Waals surface area contributed by atoms with Gasteiger partial charge in [0.05, 0.1) is 12.5 Å². The van der Waals surface area contributed by atoms with Crippen LogP contribution in [0.5, 0.6) is 34.5 Å². The van der Waals surface area contributed by atoms with Crippen molar-refractivity contribution in [3.8, 4) is 34.5 Å². The summed E-state index contributed by atoms with van der Waals surface area (Å²) >= 11 is 0. The fourth-order valence-corrected chi connectivity index (χ4v) is 3.32. The zero-order valence-corrected chi connectivity index (χ0v) is 11.4. The molecule has 2 aromatic rings. The van der Waals surface area contributed by atoms with E-state index in [1.807, 2.05) is 6.07 Å². The number of hydrogen-bond donors (Lipinski definition) is 2. The van der Waals surface area contributed by atoms with E-state index in [1.165, 1.54) is 0 Å². The molecule has 6 nitrogen and oxygen atoms in total. The third-order valence-corrected chi connectivity index (χ3v) is 4.35. The van der Waals surface area contributed by atoms with Gasteiger partial charge >= 0.3 is 0 Å². The van der Waals surface area contributed by atoms with Gasteiger partial charge in [0.25, 0.3) is 0 Å². The molecule has 0 aliphatic carbocycles. The van der Waals surface area contributed by atoms with E-state index < -0.39 is 0 Å². The third kappa shape index (κ3) is 1.39. The Hall–Kier alpha value is -2.76. The van der Waals surface area contributed by atoms with Crippen LogP contribution in [0.2, 0.25) is 0 Å². The van der Waals surface area contributed by atoms with Gasteiger partial charge in [-0.15, -0.1) is 0 Å². The SMILES string of the molecule is Oc1ccc2c(c1)OC[C@@H]1c3cc4c(c(O)c3O[C@H]21)OCO4. The molecular weight excluding hydrogens is 288 g/mol. The lowest BCUT2D eigenvalue weighted by Crippen LogP contribution is -2.23. The summed E-state index contributed by atoms with van der Waals surface area (Å²) < 4.78 is 22.4. The summed E-state index contributed by atoms with van der Waals surface area (Å²) in [5.41, 5.74) is 1.71. The van der Waals surface area contributed by atoms with E-state index >= 15 is 0 Å². The molecule has 0 spiro atoms. The minimum Gasteiger partial charge on any atom is -0.508 e. The average Bonchev–Trinajstić information content (AvgIpc) is 3.12. The Morgan fingerprint density at radius 1 is 0.909 bits per heavy atom. The number of benzene rings is 2. The molecule has 0 saturated carbocycles. The number of phenols is 2. The molecule has 2 atom stereocenters. The maximum absolute atomic E-state index is 10.4. The first-order valence-corrected chi connectivity index (χ1v) is 7.00. The molecule has 22 heavy (non-hydrogen) atoms. The monoisotopic (exact) mass is 300 g/mol. The van der Waals surface area contributed by atoms with Crippen LogP contribution < -0.4 is 18.9 Å². The van der Waals surface area contributed by atoms with Gasteiger partial charge in [-0.25, -0.2) is 0 Å². The van der Waals surface area contributed by atoms with Crippen molar-refractivity contribution in [2.45, 2.75) is 12.0 Å². The number of phenolic OH excluding ortho intramolecular Hbond substituents is 2. The second-order valence-corrected chi connectivity index (χ2v) is 5.56. The molecule has 0 saturated heterocycles. The molecule has 0 amide bonds. The highest BCUT2D eigenvalue weighted by molar-refractivity contribution is 5.66. The Balaban J connectivity index is 1.65. The van der Waals surface area contributed by atoms with Crippen LogP contribution in [0.3, 0.4) is 0 Å². The predicted molar refractivity (Wildman–Crippen MR) is 73.9 cm³/mol. The molecule has 0 aromatic heterocycles. The zero-order chi connectivity index (χ0) is 14.8. The number of ether oxygens (including phenoxy) is 4. The predicted octanol–water partition coefficient (Wildman–Crippen LogP) is 2.44. The Morgan fingerprint density at radius 3 is 2.73 bits per heavy atom. The number of fused-ring (bicyclic) bond motifs is 6. The number of aromatic hydroxyl groups is 2. The first-order chi connectivity index (χ1) is 10.7. The van der Waals surface area contributed by atoms with E-state index in [-0.39, 0.29) is 30.3 Å². The molecule has 2 N–H and O–H groups in total. The molecule has 6 heteroatoms. The Labute approximate surface area is 125 Å². The molecule has 0 fully saturated rings. The minimum absolute atomic E-state index is 0.0280. The van der Waals surface area contributed by atoms with Gasteiger partial charge in [-0.05, 0) is 18.2 Å². The standard InChI is InChI=1S/C16H12O6/c17-7-1-2-8-11(3-7)19-5-10-9-4-12-16(21-6-20-12)13(18)15(9)22-14(8)10/h1-4,10,14,17-18H,5-6H2/t10-,14-/m1/s1. The van der Waals surface area contributed by atoms with Crippen LogP contribution in [0.1, 0.15) is 23.1 Å². The van der Waals surface area contributed by atoms with Gasteiger partial charge in [0, 0.05) is 17.2 Å². The second-order valence-electron chi connectivity index (χ2n) is 5.56. The third-order valence-electron chi connectivity index (χ3n) is 4.35. The zero-order valence-electron chi connectivity index (χ0n) is 11.4. The molecule has 0 unspecified atom stereocenters. The average molecular weight is 300 g/mol. The van der Waals surface area contributed by atoms with E-state index in [4.69, 9.17) is 18.9 Å². The first-order valence-electron chi connectivity index (χ1n) is 7.00. The van der Waals surface area contributed by atoms with Gasteiger partial charge in [-0.3, -0.25) is 0 Å². The van der Waals surface area contributed by atoms with Crippen LogP contribution in [0.15, 0.2) is 24.3 Å². The van der Waals surface area contributed by atoms with Gasteiger partial charge in [0.15, 0.2) is 11.5 Å². The van der Waals surface area contributed by atoms with Crippen LogP contribution in [-0.2, 0) is 0 Å². The molecule has 3 aliphatic heterocycles. The summed E-state index contributed by atoms with van der Waals surface area (Å²) in [5.74, 6) is 1.96. The van der Waals surface area contributed by atoms with Crippen LogP contribution in [0, 0.1) is 0 Å². The Bertz CT molecular complexity index is 800. The number of rotatable bonds is 0. The lowest BCUT2D eigenvalue weighted by Gasteiger charge is -2.27. The number of hydrogen-bond acceptors (Lipinski definition) is 6. The van der Waals surface area contributed by atoms with Gasteiger partial charge in [0.2, 0.25) is 18.3 Å². The quantitative estimate of drug-likeness (QED) is 0.778. The lowest BCUT2D eigenvalue weighted by molar-refractivity contribution is 0.135. The molecule has 3 heterocycles. The van der Waals surface area contributed by atoms with Crippen molar-refractivity contribution in [1.82, 2.24) is 0 Å². The molecule has 0 radical (unpaired) electrons. The molecular formula is C16H12O6. The van der Waals surface area contributed by atoms with E-state index in [0.29, 0.717) is 29.6 Å². The summed E-state index contributed by atoms with van der Waals surface area (Å²) in [4.78, 5) is 0. The van der Waals surface area contributed by atoms with Crippen LogP contribution in [0.4, 0.5) is 0 Å². The van der Waals surface area contributed by atoms with Crippen LogP contribution in [0.25, 0.3) is 0 Å². The fourth-order valence-electron chi connectivity index (χ4n) is 3.32. The van der Waals surface area contributed by atoms with E-state index in [9.17, 15) is 10.2 Å². The lowest BCUT2D eigenvalue weighted by atomic mass is 9.89. The first kappa shape index (κ1) is 11.9. The van der Waals surface area contributed by atoms with Crippen LogP contribution >= 0.6 is 0 Å². The molecule has 112 valence electrons. The van der Waals surface area contributed by atoms with Crippen molar-refractivity contribution < 1.29 is 29.2 Å². The summed E-state index contributed by atoms with van der Waals surface area (Å²) in [6.45, 7) is 0.506. The Kier molecular flexibility index (Phi) is 2.11. The van der Waals surface area contributed by atoms with Crippen molar-refractivity contribution in [3.63, 3.8) is 0 Å². The fraction of sp³-hybridized carbons (Fsp3) is 0.250.